The summed E-state index contributed by atoms with van der Waals surface area (Å²) >= 11 is 0. The Kier molecular flexibility index (Phi) is 7.06. The first kappa shape index (κ1) is 23.6. The molecule has 3 N–H and O–H groups in total. The summed E-state index contributed by atoms with van der Waals surface area (Å²) in [6.07, 6.45) is 4.44. The summed E-state index contributed by atoms with van der Waals surface area (Å²) in [5.41, 5.74) is 4.00. The molecule has 0 fully saturated rings. The molecule has 4 rings (SSSR count). The fourth-order valence-electron chi connectivity index (χ4n) is 5.00. The van der Waals surface area contributed by atoms with Gasteiger partial charge >= 0.3 is 0 Å². The highest BCUT2D eigenvalue weighted by Crippen LogP contribution is 2.39. The molecule has 1 atom stereocenters. The highest BCUT2D eigenvalue weighted by Gasteiger charge is 2.28. The quantitative estimate of drug-likeness (QED) is 0.304. The molecule has 1 unspecified atom stereocenters. The van der Waals surface area contributed by atoms with Crippen LogP contribution in [0.3, 0.4) is 0 Å². The Morgan fingerprint density at radius 2 is 1.79 bits per heavy atom. The summed E-state index contributed by atoms with van der Waals surface area (Å²) in [6, 6.07) is 15.6. The van der Waals surface area contributed by atoms with E-state index in [1.807, 2.05) is 42.5 Å². The van der Waals surface area contributed by atoms with Gasteiger partial charge < -0.3 is 20.0 Å². The van der Waals surface area contributed by atoms with E-state index in [0.29, 0.717) is 29.4 Å². The minimum atomic E-state index is -0.283. The summed E-state index contributed by atoms with van der Waals surface area (Å²) in [4.78, 5) is 28.7. The number of carbonyl (C=O) groups excluding carboxylic acids is 1. The van der Waals surface area contributed by atoms with Crippen LogP contribution in [0, 0.1) is 0 Å². The van der Waals surface area contributed by atoms with Gasteiger partial charge in [0.05, 0.1) is 11.1 Å². The maximum Gasteiger partial charge on any atom is 0.258 e. The van der Waals surface area contributed by atoms with E-state index in [0.717, 1.165) is 47.8 Å². The lowest BCUT2D eigenvalue weighted by Gasteiger charge is -2.21. The van der Waals surface area contributed by atoms with E-state index in [1.165, 1.54) is 6.92 Å². The first-order valence-electron chi connectivity index (χ1n) is 12.1. The van der Waals surface area contributed by atoms with E-state index in [-0.39, 0.29) is 23.1 Å². The molecular formula is C28H33N3O3. The van der Waals surface area contributed by atoms with Crippen molar-refractivity contribution >= 4 is 27.7 Å². The van der Waals surface area contributed by atoms with E-state index in [1.54, 1.807) is 11.6 Å². The molecule has 6 heteroatoms. The molecule has 2 aromatic heterocycles. The van der Waals surface area contributed by atoms with Crippen LogP contribution in [0.4, 0.5) is 0 Å². The van der Waals surface area contributed by atoms with Crippen LogP contribution in [0.2, 0.25) is 0 Å². The number of fused-ring (bicyclic) bond motifs is 2. The number of H-pyrrole nitrogens is 1. The normalized spacial score (nSPS) is 12.3. The summed E-state index contributed by atoms with van der Waals surface area (Å²) in [6.45, 7) is 4.18. The maximum absolute atomic E-state index is 13.6. The molecule has 2 heterocycles. The number of nitrogens with zero attached hydrogens (tertiary/aromatic N) is 1. The highest BCUT2D eigenvalue weighted by molar-refractivity contribution is 5.88. The summed E-state index contributed by atoms with van der Waals surface area (Å²) in [7, 11) is 1.76. The van der Waals surface area contributed by atoms with Crippen molar-refractivity contribution in [3.05, 3.63) is 75.7 Å². The Hall–Kier alpha value is -3.54. The largest absolute Gasteiger partial charge is 0.507 e. The molecule has 0 spiro atoms. The average molecular weight is 460 g/mol. The standard InChI is InChI=1S/C28H33N3O3/c1-4-5-6-13-22(25-27(33)21-12-8-10-15-24(21)31(3)28(25)34)26-20(16-17-29-18(2)32)19-11-7-9-14-23(19)30-26/h7-12,14-15,22,30,33H,4-6,13,16-17H2,1-3H3,(H,29,32). The number of amides is 1. The zero-order valence-corrected chi connectivity index (χ0v) is 20.1. The van der Waals surface area contributed by atoms with E-state index in [9.17, 15) is 14.7 Å². The second kappa shape index (κ2) is 10.2. The van der Waals surface area contributed by atoms with Crippen LogP contribution in [-0.2, 0) is 18.3 Å². The SMILES string of the molecule is CCCCCC(c1[nH]c2ccccc2c1CCNC(C)=O)c1c(O)c2ccccc2n(C)c1=O. The molecule has 34 heavy (non-hydrogen) atoms. The monoisotopic (exact) mass is 459 g/mol. The molecule has 178 valence electrons. The van der Waals surface area contributed by atoms with Gasteiger partial charge in [-0.2, -0.15) is 0 Å². The van der Waals surface area contributed by atoms with Gasteiger partial charge in [-0.05, 0) is 36.6 Å². The van der Waals surface area contributed by atoms with Crippen LogP contribution in [0.15, 0.2) is 53.3 Å². The molecule has 0 radical (unpaired) electrons. The van der Waals surface area contributed by atoms with Crippen molar-refractivity contribution in [1.82, 2.24) is 14.9 Å². The lowest BCUT2D eigenvalue weighted by atomic mass is 9.86. The molecule has 0 aliphatic carbocycles. The van der Waals surface area contributed by atoms with E-state index in [2.05, 4.69) is 23.3 Å². The number of hydrogen-bond acceptors (Lipinski definition) is 3. The third kappa shape index (κ3) is 4.45. The number of rotatable bonds is 9. The Bertz CT molecular complexity index is 1380. The number of aromatic nitrogens is 2. The number of aryl methyl sites for hydroxylation is 1. The van der Waals surface area contributed by atoms with Gasteiger partial charge in [0.15, 0.2) is 0 Å². The van der Waals surface area contributed by atoms with E-state index >= 15 is 0 Å². The molecule has 2 aromatic carbocycles. The lowest BCUT2D eigenvalue weighted by molar-refractivity contribution is -0.118. The van der Waals surface area contributed by atoms with Crippen LogP contribution in [0.1, 0.15) is 62.3 Å². The Morgan fingerprint density at radius 3 is 2.53 bits per heavy atom. The van der Waals surface area contributed by atoms with Crippen LogP contribution >= 0.6 is 0 Å². The van der Waals surface area contributed by atoms with Crippen molar-refractivity contribution < 1.29 is 9.90 Å². The first-order valence-corrected chi connectivity index (χ1v) is 12.1. The molecule has 1 amide bonds. The summed E-state index contributed by atoms with van der Waals surface area (Å²) in [5.74, 6) is -0.289. The number of unbranched alkanes of at least 4 members (excludes halogenated alkanes) is 2. The predicted octanol–water partition coefficient (Wildman–Crippen LogP) is 5.12. The van der Waals surface area contributed by atoms with Crippen molar-refractivity contribution in [3.8, 4) is 5.75 Å². The van der Waals surface area contributed by atoms with Crippen molar-refractivity contribution in [1.29, 1.82) is 0 Å². The number of aromatic amines is 1. The minimum Gasteiger partial charge on any atom is -0.507 e. The molecule has 0 bridgehead atoms. The number of para-hydroxylation sites is 2. The van der Waals surface area contributed by atoms with Gasteiger partial charge in [0.1, 0.15) is 5.75 Å². The third-order valence-electron chi connectivity index (χ3n) is 6.70. The predicted molar refractivity (Wildman–Crippen MR) is 138 cm³/mol. The molecule has 4 aromatic rings. The summed E-state index contributed by atoms with van der Waals surface area (Å²) < 4.78 is 1.64. The topological polar surface area (TPSA) is 87.1 Å². The third-order valence-corrected chi connectivity index (χ3v) is 6.70. The van der Waals surface area contributed by atoms with Crippen LogP contribution < -0.4 is 10.9 Å². The van der Waals surface area contributed by atoms with Crippen LogP contribution in [0.5, 0.6) is 5.75 Å². The van der Waals surface area contributed by atoms with E-state index in [4.69, 9.17) is 0 Å². The molecule has 0 aliphatic heterocycles. The number of pyridine rings is 1. The van der Waals surface area contributed by atoms with Crippen molar-refractivity contribution in [3.63, 3.8) is 0 Å². The molecule has 6 nitrogen and oxygen atoms in total. The van der Waals surface area contributed by atoms with Gasteiger partial charge in [-0.1, -0.05) is 56.5 Å². The van der Waals surface area contributed by atoms with Crippen molar-refractivity contribution in [2.75, 3.05) is 6.54 Å². The van der Waals surface area contributed by atoms with Gasteiger partial charge in [-0.3, -0.25) is 9.59 Å². The van der Waals surface area contributed by atoms with Gasteiger partial charge in [0.2, 0.25) is 5.91 Å². The van der Waals surface area contributed by atoms with Crippen LogP contribution in [-0.4, -0.2) is 27.1 Å². The summed E-state index contributed by atoms with van der Waals surface area (Å²) in [5, 5.41) is 16.0. The molecular weight excluding hydrogens is 426 g/mol. The smallest absolute Gasteiger partial charge is 0.258 e. The number of carbonyl (C=O) groups is 1. The average Bonchev–Trinajstić information content (AvgIpc) is 3.20. The van der Waals surface area contributed by atoms with Gasteiger partial charge in [-0.15, -0.1) is 0 Å². The Labute approximate surface area is 199 Å². The number of benzene rings is 2. The molecule has 0 saturated carbocycles. The number of hydrogen-bond donors (Lipinski definition) is 3. The second-order valence-electron chi connectivity index (χ2n) is 8.99. The van der Waals surface area contributed by atoms with Crippen LogP contribution in [0.25, 0.3) is 21.8 Å². The fourth-order valence-corrected chi connectivity index (χ4v) is 5.00. The number of nitrogens with one attached hydrogen (secondary N) is 2. The van der Waals surface area contributed by atoms with Gasteiger partial charge in [0, 0.05) is 48.4 Å². The van der Waals surface area contributed by atoms with Crippen molar-refractivity contribution in [2.24, 2.45) is 7.05 Å². The lowest BCUT2D eigenvalue weighted by Crippen LogP contribution is -2.26. The Balaban J connectivity index is 1.93. The molecule has 0 aliphatic rings. The van der Waals surface area contributed by atoms with Crippen molar-refractivity contribution in [2.45, 2.75) is 51.9 Å². The highest BCUT2D eigenvalue weighted by atomic mass is 16.3. The van der Waals surface area contributed by atoms with Gasteiger partial charge in [0.25, 0.3) is 5.56 Å². The first-order chi connectivity index (χ1) is 16.4. The zero-order chi connectivity index (χ0) is 24.2. The molecule has 0 saturated heterocycles. The van der Waals surface area contributed by atoms with Gasteiger partial charge in [-0.25, -0.2) is 0 Å². The Morgan fingerprint density at radius 1 is 1.09 bits per heavy atom. The fraction of sp³-hybridized carbons (Fsp3) is 0.357. The second-order valence-corrected chi connectivity index (χ2v) is 8.99. The van der Waals surface area contributed by atoms with E-state index < -0.39 is 0 Å². The maximum atomic E-state index is 13.6. The number of aromatic hydroxyl groups is 1. The minimum absolute atomic E-state index is 0.0617. The zero-order valence-electron chi connectivity index (χ0n) is 20.1.